The third kappa shape index (κ3) is 5.82. The van der Waals surface area contributed by atoms with E-state index >= 15 is 0 Å². The molecule has 1 fully saturated rings. The van der Waals surface area contributed by atoms with Gasteiger partial charge >= 0.3 is 6.09 Å². The lowest BCUT2D eigenvalue weighted by Gasteiger charge is -2.31. The molecule has 8 heteroatoms. The van der Waals surface area contributed by atoms with Gasteiger partial charge in [0.1, 0.15) is 5.52 Å². The van der Waals surface area contributed by atoms with Crippen LogP contribution >= 0.6 is 22.6 Å². The van der Waals surface area contributed by atoms with Gasteiger partial charge < -0.3 is 14.1 Å². The van der Waals surface area contributed by atoms with Crippen molar-refractivity contribution in [1.29, 1.82) is 0 Å². The number of halogens is 1. The minimum absolute atomic E-state index is 0.0973. The van der Waals surface area contributed by atoms with Crippen molar-refractivity contribution >= 4 is 51.3 Å². The summed E-state index contributed by atoms with van der Waals surface area (Å²) in [5.74, 6) is 0.347. The Labute approximate surface area is 194 Å². The number of amides is 1. The van der Waals surface area contributed by atoms with Gasteiger partial charge in [-0.25, -0.2) is 9.78 Å². The Morgan fingerprint density at radius 2 is 1.94 bits per heavy atom. The first-order valence-corrected chi connectivity index (χ1v) is 11.5. The summed E-state index contributed by atoms with van der Waals surface area (Å²) in [5.41, 5.74) is 2.76. The predicted octanol–water partition coefficient (Wildman–Crippen LogP) is 4.97. The van der Waals surface area contributed by atoms with Gasteiger partial charge in [0.05, 0.1) is 6.61 Å². The summed E-state index contributed by atoms with van der Waals surface area (Å²) in [6.07, 6.45) is 3.38. The molecule has 0 saturated carbocycles. The van der Waals surface area contributed by atoms with Crippen LogP contribution in [0.1, 0.15) is 29.6 Å². The second-order valence-electron chi connectivity index (χ2n) is 7.64. The van der Waals surface area contributed by atoms with E-state index in [-0.39, 0.29) is 11.7 Å². The van der Waals surface area contributed by atoms with Crippen molar-refractivity contribution in [1.82, 2.24) is 9.88 Å². The quantitative estimate of drug-likeness (QED) is 0.263. The lowest BCUT2D eigenvalue weighted by atomic mass is 9.89. The molecule has 162 valence electrons. The first kappa shape index (κ1) is 21.8. The third-order valence-corrected chi connectivity index (χ3v) is 6.24. The zero-order chi connectivity index (χ0) is 21.6. The van der Waals surface area contributed by atoms with Gasteiger partial charge in [0.25, 0.3) is 0 Å². The average Bonchev–Trinajstić information content (AvgIpc) is 3.25. The largest absolute Gasteiger partial charge is 0.449 e. The number of hydrogen-bond acceptors (Lipinski definition) is 6. The van der Waals surface area contributed by atoms with Crippen LogP contribution in [0.3, 0.4) is 0 Å². The molecule has 1 amide bonds. The Balaban J connectivity index is 1.13. The zero-order valence-corrected chi connectivity index (χ0v) is 19.2. The highest BCUT2D eigenvalue weighted by Gasteiger charge is 2.25. The Morgan fingerprint density at radius 1 is 1.16 bits per heavy atom. The number of piperidine rings is 1. The van der Waals surface area contributed by atoms with Crippen LogP contribution < -0.4 is 5.32 Å². The Hall–Kier alpha value is -2.46. The summed E-state index contributed by atoms with van der Waals surface area (Å²) >= 11 is 2.25. The molecule has 1 aliphatic heterocycles. The average molecular weight is 533 g/mol. The molecule has 2 heterocycles. The maximum Gasteiger partial charge on any atom is 0.411 e. The number of anilines is 1. The van der Waals surface area contributed by atoms with Crippen molar-refractivity contribution in [2.45, 2.75) is 19.3 Å². The predicted molar refractivity (Wildman–Crippen MR) is 126 cm³/mol. The van der Waals surface area contributed by atoms with E-state index in [9.17, 15) is 9.59 Å². The maximum atomic E-state index is 12.7. The highest BCUT2D eigenvalue weighted by molar-refractivity contribution is 14.1. The van der Waals surface area contributed by atoms with Crippen LogP contribution in [0.25, 0.3) is 11.1 Å². The van der Waals surface area contributed by atoms with Gasteiger partial charge in [0.2, 0.25) is 0 Å². The number of aromatic nitrogens is 1. The van der Waals surface area contributed by atoms with E-state index < -0.39 is 6.09 Å². The molecule has 7 nitrogen and oxygen atoms in total. The fourth-order valence-corrected chi connectivity index (χ4v) is 4.17. The first-order valence-electron chi connectivity index (χ1n) is 10.4. The summed E-state index contributed by atoms with van der Waals surface area (Å²) in [4.78, 5) is 31.0. The molecule has 0 aliphatic carbocycles. The highest BCUT2D eigenvalue weighted by Crippen LogP contribution is 2.22. The van der Waals surface area contributed by atoms with E-state index in [1.807, 2.05) is 24.3 Å². The van der Waals surface area contributed by atoms with E-state index in [4.69, 9.17) is 9.15 Å². The molecule has 4 rings (SSSR count). The van der Waals surface area contributed by atoms with Gasteiger partial charge in [0, 0.05) is 33.4 Å². The van der Waals surface area contributed by atoms with Crippen LogP contribution in [-0.2, 0) is 4.74 Å². The zero-order valence-electron chi connectivity index (χ0n) is 17.1. The van der Waals surface area contributed by atoms with Gasteiger partial charge in [0.15, 0.2) is 17.8 Å². The molecule has 0 bridgehead atoms. The number of ether oxygens (including phenoxy) is 1. The maximum absolute atomic E-state index is 12.7. The smallest absolute Gasteiger partial charge is 0.411 e. The lowest BCUT2D eigenvalue weighted by Crippen LogP contribution is -2.37. The minimum Gasteiger partial charge on any atom is -0.449 e. The number of hydrogen-bond donors (Lipinski definition) is 1. The number of likely N-dealkylation sites (tertiary alicyclic amines) is 1. The molecule has 1 saturated heterocycles. The molecule has 0 unspecified atom stereocenters. The van der Waals surface area contributed by atoms with Crippen molar-refractivity contribution < 1.29 is 18.7 Å². The van der Waals surface area contributed by atoms with Crippen LogP contribution in [0.5, 0.6) is 0 Å². The molecule has 31 heavy (non-hydrogen) atoms. The number of fused-ring (bicyclic) bond motifs is 1. The van der Waals surface area contributed by atoms with Crippen LogP contribution in [-0.4, -0.2) is 48.0 Å². The molecular formula is C23H24IN3O4. The molecular weight excluding hydrogens is 509 g/mol. The summed E-state index contributed by atoms with van der Waals surface area (Å²) in [6.45, 7) is 2.98. The Kier molecular flexibility index (Phi) is 7.18. The van der Waals surface area contributed by atoms with E-state index in [2.05, 4.69) is 37.8 Å². The second kappa shape index (κ2) is 10.2. The van der Waals surface area contributed by atoms with E-state index in [1.54, 1.807) is 18.2 Å². The molecule has 3 aromatic rings. The van der Waals surface area contributed by atoms with E-state index in [0.29, 0.717) is 17.9 Å². The van der Waals surface area contributed by atoms with Crippen LogP contribution in [0.4, 0.5) is 10.5 Å². The molecule has 1 aliphatic rings. The summed E-state index contributed by atoms with van der Waals surface area (Å²) in [5, 5.41) is 2.70. The number of carbonyl (C=O) groups is 2. The number of nitrogens with one attached hydrogen (secondary N) is 1. The SMILES string of the molecule is O=C(Nc1ccc2ncoc2c1)OCCCN1CCC(C(=O)c2ccc(I)cc2)CC1. The highest BCUT2D eigenvalue weighted by atomic mass is 127. The van der Waals surface area contributed by atoms with Crippen LogP contribution in [0.15, 0.2) is 53.3 Å². The van der Waals surface area contributed by atoms with E-state index in [1.165, 1.54) is 6.39 Å². The monoisotopic (exact) mass is 533 g/mol. The number of Topliss-reactive ketones (excluding diaryl/α,β-unsaturated/α-hetero) is 1. The fraction of sp³-hybridized carbons (Fsp3) is 0.348. The standard InChI is InChI=1S/C23H24IN3O4/c24-18-4-2-16(3-5-18)22(28)17-8-11-27(12-9-17)10-1-13-30-23(29)26-19-6-7-20-21(14-19)31-15-25-20/h2-7,14-15,17H,1,8-13H2,(H,26,29). The van der Waals surface area contributed by atoms with Crippen molar-refractivity contribution in [2.75, 3.05) is 31.6 Å². The van der Waals surface area contributed by atoms with Crippen molar-refractivity contribution in [3.05, 3.63) is 58.0 Å². The normalized spacial score (nSPS) is 15.1. The number of oxazole rings is 1. The summed E-state index contributed by atoms with van der Waals surface area (Å²) < 4.78 is 11.6. The Morgan fingerprint density at radius 3 is 2.71 bits per heavy atom. The number of ketones is 1. The summed E-state index contributed by atoms with van der Waals surface area (Å²) in [7, 11) is 0. The summed E-state index contributed by atoms with van der Waals surface area (Å²) in [6, 6.07) is 13.0. The number of nitrogens with zero attached hydrogens (tertiary/aromatic N) is 2. The number of carbonyl (C=O) groups excluding carboxylic acids is 2. The molecule has 0 spiro atoms. The van der Waals surface area contributed by atoms with Crippen molar-refractivity contribution in [3.63, 3.8) is 0 Å². The topological polar surface area (TPSA) is 84.7 Å². The molecule has 2 aromatic carbocycles. The Bertz CT molecular complexity index is 1040. The second-order valence-corrected chi connectivity index (χ2v) is 8.88. The van der Waals surface area contributed by atoms with E-state index in [0.717, 1.165) is 53.5 Å². The third-order valence-electron chi connectivity index (χ3n) is 5.52. The van der Waals surface area contributed by atoms with Crippen LogP contribution in [0.2, 0.25) is 0 Å². The number of rotatable bonds is 7. The fourth-order valence-electron chi connectivity index (χ4n) is 3.81. The van der Waals surface area contributed by atoms with Gasteiger partial charge in [-0.2, -0.15) is 0 Å². The van der Waals surface area contributed by atoms with Crippen molar-refractivity contribution in [3.8, 4) is 0 Å². The first-order chi connectivity index (χ1) is 15.1. The van der Waals surface area contributed by atoms with Gasteiger partial charge in [-0.05, 0) is 79.2 Å². The van der Waals surface area contributed by atoms with Gasteiger partial charge in [-0.15, -0.1) is 0 Å². The minimum atomic E-state index is -0.485. The van der Waals surface area contributed by atoms with Crippen molar-refractivity contribution in [2.24, 2.45) is 5.92 Å². The number of benzene rings is 2. The van der Waals surface area contributed by atoms with Gasteiger partial charge in [-0.1, -0.05) is 12.1 Å². The molecule has 0 radical (unpaired) electrons. The molecule has 1 N–H and O–H groups in total. The molecule has 0 atom stereocenters. The molecule has 1 aromatic heterocycles. The van der Waals surface area contributed by atoms with Crippen LogP contribution in [0, 0.1) is 9.49 Å². The van der Waals surface area contributed by atoms with Gasteiger partial charge in [-0.3, -0.25) is 10.1 Å². The lowest BCUT2D eigenvalue weighted by molar-refractivity contribution is 0.0830.